The van der Waals surface area contributed by atoms with Gasteiger partial charge in [-0.15, -0.1) is 0 Å². The van der Waals surface area contributed by atoms with Crippen molar-refractivity contribution in [2.24, 2.45) is 11.3 Å². The van der Waals surface area contributed by atoms with Gasteiger partial charge in [0.2, 0.25) is 0 Å². The van der Waals surface area contributed by atoms with Gasteiger partial charge in [-0.25, -0.2) is 4.79 Å². The number of esters is 1. The lowest BCUT2D eigenvalue weighted by molar-refractivity contribution is -0.156. The Bertz CT molecular complexity index is 1130. The van der Waals surface area contributed by atoms with Gasteiger partial charge >= 0.3 is 5.97 Å². The maximum atomic E-state index is 14.2. The van der Waals surface area contributed by atoms with E-state index in [1.165, 1.54) is 0 Å². The molecule has 0 spiro atoms. The minimum absolute atomic E-state index is 0.108. The number of hydrogen-bond donors (Lipinski definition) is 2. The SMILES string of the molecule is CC[C@H](O)C(C)(C)[C@@H](O)[C@@H](C)/C(C)=C(\C)[C@H](C)OC(=O)[C@H](O[Si](C)(C)C(C)(C)C)C(c1ccccc1)c1ccccc1. The summed E-state index contributed by atoms with van der Waals surface area (Å²) in [5.41, 5.74) is 3.14. The van der Waals surface area contributed by atoms with Gasteiger partial charge in [-0.3, -0.25) is 0 Å². The van der Waals surface area contributed by atoms with E-state index in [2.05, 4.69) is 33.9 Å². The fourth-order valence-corrected chi connectivity index (χ4v) is 6.44. The molecule has 2 rings (SSSR count). The molecule has 42 heavy (non-hydrogen) atoms. The second-order valence-corrected chi connectivity index (χ2v) is 18.8. The topological polar surface area (TPSA) is 76.0 Å². The minimum atomic E-state index is -2.40. The van der Waals surface area contributed by atoms with Gasteiger partial charge < -0.3 is 19.4 Å². The highest BCUT2D eigenvalue weighted by Crippen LogP contribution is 2.41. The third-order valence-electron chi connectivity index (χ3n) is 9.77. The molecule has 0 bridgehead atoms. The number of carbonyl (C=O) groups is 1. The van der Waals surface area contributed by atoms with Gasteiger partial charge in [0, 0.05) is 17.3 Å². The first-order chi connectivity index (χ1) is 19.4. The van der Waals surface area contributed by atoms with Crippen molar-refractivity contribution in [2.45, 2.75) is 124 Å². The third kappa shape index (κ3) is 8.43. The number of ether oxygens (including phenoxy) is 1. The van der Waals surface area contributed by atoms with Crippen LogP contribution in [-0.4, -0.2) is 48.9 Å². The molecule has 2 aromatic rings. The van der Waals surface area contributed by atoms with Crippen LogP contribution in [0.5, 0.6) is 0 Å². The zero-order chi connectivity index (χ0) is 32.0. The molecule has 234 valence electrons. The molecule has 0 unspecified atom stereocenters. The average molecular weight is 597 g/mol. The van der Waals surface area contributed by atoms with Crippen LogP contribution in [0.4, 0.5) is 0 Å². The van der Waals surface area contributed by atoms with Crippen LogP contribution in [0.1, 0.15) is 92.7 Å². The molecule has 0 aromatic heterocycles. The van der Waals surface area contributed by atoms with Crippen LogP contribution >= 0.6 is 0 Å². The number of hydrogen-bond acceptors (Lipinski definition) is 5. The molecule has 0 amide bonds. The molecule has 0 saturated heterocycles. The Morgan fingerprint density at radius 2 is 1.29 bits per heavy atom. The molecule has 2 aromatic carbocycles. The summed E-state index contributed by atoms with van der Waals surface area (Å²) in [6, 6.07) is 20.1. The Balaban J connectivity index is 2.51. The van der Waals surface area contributed by atoms with E-state index >= 15 is 0 Å². The van der Waals surface area contributed by atoms with Gasteiger partial charge in [0.1, 0.15) is 6.10 Å². The van der Waals surface area contributed by atoms with Gasteiger partial charge in [-0.05, 0) is 62.0 Å². The third-order valence-corrected chi connectivity index (χ3v) is 14.2. The second kappa shape index (κ2) is 14.5. The molecule has 0 aliphatic carbocycles. The van der Waals surface area contributed by atoms with Crippen molar-refractivity contribution in [3.63, 3.8) is 0 Å². The van der Waals surface area contributed by atoms with Crippen molar-refractivity contribution in [3.05, 3.63) is 82.9 Å². The fourth-order valence-electron chi connectivity index (χ4n) is 5.22. The van der Waals surface area contributed by atoms with Crippen molar-refractivity contribution in [2.75, 3.05) is 0 Å². The van der Waals surface area contributed by atoms with E-state index in [1.54, 1.807) is 0 Å². The summed E-state index contributed by atoms with van der Waals surface area (Å²) in [6.07, 6.45) is -2.19. The molecule has 2 N–H and O–H groups in total. The molecular weight excluding hydrogens is 540 g/mol. The van der Waals surface area contributed by atoms with Crippen molar-refractivity contribution in [1.29, 1.82) is 0 Å². The van der Waals surface area contributed by atoms with E-state index in [0.717, 1.165) is 22.3 Å². The molecule has 5 nitrogen and oxygen atoms in total. The van der Waals surface area contributed by atoms with Crippen LogP contribution in [0.2, 0.25) is 18.1 Å². The summed E-state index contributed by atoms with van der Waals surface area (Å²) >= 11 is 0. The number of aliphatic hydroxyl groups is 2. The summed E-state index contributed by atoms with van der Waals surface area (Å²) in [4.78, 5) is 14.2. The lowest BCUT2D eigenvalue weighted by atomic mass is 9.72. The van der Waals surface area contributed by atoms with Crippen molar-refractivity contribution in [1.82, 2.24) is 0 Å². The predicted octanol–water partition coefficient (Wildman–Crippen LogP) is 8.27. The number of aliphatic hydroxyl groups excluding tert-OH is 2. The molecule has 0 saturated carbocycles. The Labute approximate surface area is 256 Å². The normalized spacial score (nSPS) is 17.2. The zero-order valence-corrected chi connectivity index (χ0v) is 29.1. The summed E-state index contributed by atoms with van der Waals surface area (Å²) in [5, 5.41) is 21.7. The molecule has 6 heteroatoms. The average Bonchev–Trinajstić information content (AvgIpc) is 2.94. The Kier molecular flexibility index (Phi) is 12.4. The van der Waals surface area contributed by atoms with Crippen molar-refractivity contribution >= 4 is 14.3 Å². The summed E-state index contributed by atoms with van der Waals surface area (Å²) in [7, 11) is -2.40. The van der Waals surface area contributed by atoms with Crippen LogP contribution in [-0.2, 0) is 14.0 Å². The van der Waals surface area contributed by atoms with Crippen molar-refractivity contribution in [3.8, 4) is 0 Å². The first-order valence-electron chi connectivity index (χ1n) is 15.4. The largest absolute Gasteiger partial charge is 0.456 e. The van der Waals surface area contributed by atoms with Crippen LogP contribution in [0.3, 0.4) is 0 Å². The lowest BCUT2D eigenvalue weighted by Crippen LogP contribution is -2.49. The first-order valence-corrected chi connectivity index (χ1v) is 18.3. The van der Waals surface area contributed by atoms with Crippen LogP contribution < -0.4 is 0 Å². The van der Waals surface area contributed by atoms with Gasteiger partial charge in [0.05, 0.1) is 12.2 Å². The molecule has 0 fully saturated rings. The Morgan fingerprint density at radius 1 is 0.833 bits per heavy atom. The maximum absolute atomic E-state index is 14.2. The molecule has 0 aliphatic heterocycles. The quantitative estimate of drug-likeness (QED) is 0.138. The van der Waals surface area contributed by atoms with E-state index in [1.807, 2.05) is 109 Å². The monoisotopic (exact) mass is 596 g/mol. The summed E-state index contributed by atoms with van der Waals surface area (Å²) < 4.78 is 13.2. The minimum Gasteiger partial charge on any atom is -0.456 e. The van der Waals surface area contributed by atoms with E-state index in [0.29, 0.717) is 6.42 Å². The van der Waals surface area contributed by atoms with Crippen LogP contribution in [0, 0.1) is 11.3 Å². The summed E-state index contributed by atoms with van der Waals surface area (Å²) in [5.74, 6) is -0.973. The predicted molar refractivity (Wildman–Crippen MR) is 176 cm³/mol. The molecule has 0 aliphatic rings. The lowest BCUT2D eigenvalue weighted by Gasteiger charge is -2.41. The van der Waals surface area contributed by atoms with Gasteiger partial charge in [0.25, 0.3) is 0 Å². The smallest absolute Gasteiger partial charge is 0.335 e. The highest BCUT2D eigenvalue weighted by Gasteiger charge is 2.45. The highest BCUT2D eigenvalue weighted by atomic mass is 28.4. The van der Waals surface area contributed by atoms with Gasteiger partial charge in [-0.2, -0.15) is 0 Å². The van der Waals surface area contributed by atoms with Crippen LogP contribution in [0.25, 0.3) is 0 Å². The van der Waals surface area contributed by atoms with Gasteiger partial charge in [0.15, 0.2) is 14.4 Å². The van der Waals surface area contributed by atoms with E-state index < -0.39 is 44.1 Å². The van der Waals surface area contributed by atoms with Crippen molar-refractivity contribution < 1.29 is 24.2 Å². The number of carbonyl (C=O) groups excluding carboxylic acids is 1. The number of rotatable bonds is 13. The van der Waals surface area contributed by atoms with Gasteiger partial charge in [-0.1, -0.05) is 115 Å². The standard InChI is InChI=1S/C36H56O5Si/c1-13-30(37)36(9,10)33(38)26(4)24(2)25(3)27(5)40-34(39)32(41-42(11,12)35(6,7)8)31(28-20-16-14-17-21-28)29-22-18-15-19-23-29/h14-23,26-27,30-33,37-38H,13H2,1-12H3/b25-24+/t26-,27-,30-,32+,33-/m0/s1. The van der Waals surface area contributed by atoms with E-state index in [-0.39, 0.29) is 16.9 Å². The molecular formula is C36H56O5Si. The number of benzene rings is 2. The van der Waals surface area contributed by atoms with Crippen LogP contribution in [0.15, 0.2) is 71.8 Å². The second-order valence-electron chi connectivity index (χ2n) is 14.0. The summed E-state index contributed by atoms with van der Waals surface area (Å²) in [6.45, 7) is 24.3. The van der Waals surface area contributed by atoms with E-state index in [9.17, 15) is 15.0 Å². The Hall–Kier alpha value is -2.25. The molecule has 0 radical (unpaired) electrons. The maximum Gasteiger partial charge on any atom is 0.335 e. The Morgan fingerprint density at radius 3 is 1.69 bits per heavy atom. The zero-order valence-electron chi connectivity index (χ0n) is 28.1. The molecule has 5 atom stereocenters. The fraction of sp³-hybridized carbons (Fsp3) is 0.583. The van der Waals surface area contributed by atoms with E-state index in [4.69, 9.17) is 9.16 Å². The first kappa shape index (κ1) is 35.9. The molecule has 0 heterocycles. The highest BCUT2D eigenvalue weighted by molar-refractivity contribution is 6.74.